The third-order valence-corrected chi connectivity index (χ3v) is 12.6. The van der Waals surface area contributed by atoms with E-state index >= 15 is 0 Å². The zero-order valence-corrected chi connectivity index (χ0v) is 34.6. The molecule has 0 aliphatic carbocycles. The number of hydrogen-bond donors (Lipinski definition) is 0. The van der Waals surface area contributed by atoms with E-state index in [1.165, 1.54) is 42.4 Å². The van der Waals surface area contributed by atoms with E-state index in [-0.39, 0.29) is 0 Å². The van der Waals surface area contributed by atoms with Crippen molar-refractivity contribution in [2.24, 2.45) is 0 Å². The molecule has 11 rings (SSSR count). The molecule has 0 N–H and O–H groups in total. The third-order valence-electron chi connectivity index (χ3n) is 11.5. The minimum absolute atomic E-state index is 0.700. The van der Waals surface area contributed by atoms with Gasteiger partial charge < -0.3 is 4.90 Å². The average Bonchev–Trinajstić information content (AvgIpc) is 3.74. The second-order valence-electron chi connectivity index (χ2n) is 15.4. The summed E-state index contributed by atoms with van der Waals surface area (Å²) in [6.07, 6.45) is 0. The van der Waals surface area contributed by atoms with Gasteiger partial charge in [-0.05, 0) is 88.0 Å². The Morgan fingerprint density at radius 2 is 0.806 bits per heavy atom. The summed E-state index contributed by atoms with van der Waals surface area (Å²) in [6.45, 7) is 0. The lowest BCUT2D eigenvalue weighted by Crippen LogP contribution is -2.10. The number of thiophene rings is 1. The van der Waals surface area contributed by atoms with Gasteiger partial charge in [0.05, 0.1) is 11.4 Å². The zero-order valence-electron chi connectivity index (χ0n) is 33.8. The molecule has 0 unspecified atom stereocenters. The molecule has 0 radical (unpaired) electrons. The summed E-state index contributed by atoms with van der Waals surface area (Å²) in [6, 6.07) is 84.0. The molecule has 0 fully saturated rings. The highest BCUT2D eigenvalue weighted by Gasteiger charge is 2.20. The van der Waals surface area contributed by atoms with Crippen LogP contribution in [0.3, 0.4) is 0 Å². The summed E-state index contributed by atoms with van der Waals surface area (Å²) < 4.78 is 2.46. The monoisotopic (exact) mass is 809 g/mol. The summed E-state index contributed by atoms with van der Waals surface area (Å²) in [7, 11) is 0. The fraction of sp³-hybridized carbons (Fsp3) is 0. The normalized spacial score (nSPS) is 11.2. The van der Waals surface area contributed by atoms with Gasteiger partial charge in [-0.1, -0.05) is 182 Å². The molecule has 0 spiro atoms. The number of benzene rings is 9. The first-order chi connectivity index (χ1) is 30.7. The van der Waals surface area contributed by atoms with Crippen molar-refractivity contribution < 1.29 is 0 Å². The van der Waals surface area contributed by atoms with Crippen LogP contribution in [0.25, 0.3) is 87.5 Å². The molecule has 0 saturated carbocycles. The minimum atomic E-state index is 0.700. The molecular formula is C58H39N3S. The maximum Gasteiger partial charge on any atom is 0.161 e. The van der Waals surface area contributed by atoms with Crippen molar-refractivity contribution in [1.29, 1.82) is 0 Å². The number of aromatic nitrogens is 2. The highest BCUT2D eigenvalue weighted by atomic mass is 32.1. The maximum absolute atomic E-state index is 5.24. The molecule has 2 heterocycles. The molecule has 3 nitrogen and oxygen atoms in total. The highest BCUT2D eigenvalue weighted by molar-refractivity contribution is 7.26. The SMILES string of the molecule is c1ccc(-c2cc(-c3ccccc3)cc(N(c3ccccc3)c3ccc4c(c3)sc3cccc(-c5ccccc5-c5nc(-c6ccccc6)cc(-c6ccccc6)n5)c34)c2)cc1. The van der Waals surface area contributed by atoms with Crippen LogP contribution in [0.1, 0.15) is 0 Å². The lowest BCUT2D eigenvalue weighted by molar-refractivity contribution is 1.18. The lowest BCUT2D eigenvalue weighted by atomic mass is 9.94. The van der Waals surface area contributed by atoms with Crippen molar-refractivity contribution in [1.82, 2.24) is 9.97 Å². The van der Waals surface area contributed by atoms with Crippen LogP contribution in [0.2, 0.25) is 0 Å². The fourth-order valence-corrected chi connectivity index (χ4v) is 9.70. The van der Waals surface area contributed by atoms with E-state index in [2.05, 4.69) is 229 Å². The van der Waals surface area contributed by atoms with E-state index < -0.39 is 0 Å². The summed E-state index contributed by atoms with van der Waals surface area (Å²) in [4.78, 5) is 12.9. The molecule has 0 aliphatic rings. The Hall–Kier alpha value is -7.92. The Kier molecular flexibility index (Phi) is 9.74. The van der Waals surface area contributed by atoms with Gasteiger partial charge in [-0.25, -0.2) is 9.97 Å². The van der Waals surface area contributed by atoms with E-state index in [9.17, 15) is 0 Å². The van der Waals surface area contributed by atoms with Crippen LogP contribution >= 0.6 is 11.3 Å². The Morgan fingerprint density at radius 1 is 0.306 bits per heavy atom. The van der Waals surface area contributed by atoms with Gasteiger partial charge in [-0.15, -0.1) is 11.3 Å². The number of rotatable bonds is 9. The molecule has 0 atom stereocenters. The van der Waals surface area contributed by atoms with Crippen molar-refractivity contribution in [2.45, 2.75) is 0 Å². The standard InChI is InChI=1S/C58H39N3S/c1-6-19-40(20-7-1)44-35-45(41-21-8-2-9-22-41)37-48(36-44)61(46-27-14-5-15-28-46)47-33-34-52-56(38-47)62-55-32-18-31-50(57(52)55)49-29-16-17-30-51(49)58-59-53(42-23-10-3-11-24-42)39-54(60-58)43-25-12-4-13-26-43/h1-39H. The van der Waals surface area contributed by atoms with Gasteiger partial charge in [0, 0.05) is 53.9 Å². The zero-order chi connectivity index (χ0) is 41.2. The van der Waals surface area contributed by atoms with Gasteiger partial charge in [0.2, 0.25) is 0 Å². The van der Waals surface area contributed by atoms with Crippen LogP contribution in [-0.4, -0.2) is 9.97 Å². The molecule has 2 aromatic heterocycles. The lowest BCUT2D eigenvalue weighted by Gasteiger charge is -2.27. The minimum Gasteiger partial charge on any atom is -0.310 e. The number of para-hydroxylation sites is 1. The summed E-state index contributed by atoms with van der Waals surface area (Å²) in [5, 5.41) is 2.46. The molecule has 0 saturated heterocycles. The summed E-state index contributed by atoms with van der Waals surface area (Å²) in [5.41, 5.74) is 15.1. The Labute approximate surface area is 365 Å². The molecule has 0 aliphatic heterocycles. The van der Waals surface area contributed by atoms with Crippen molar-refractivity contribution in [3.8, 4) is 67.3 Å². The Balaban J connectivity index is 1.07. The highest BCUT2D eigenvalue weighted by Crippen LogP contribution is 2.46. The second kappa shape index (κ2) is 16.3. The first kappa shape index (κ1) is 37.1. The fourth-order valence-electron chi connectivity index (χ4n) is 8.53. The van der Waals surface area contributed by atoms with Crippen LogP contribution in [-0.2, 0) is 0 Å². The van der Waals surface area contributed by atoms with Crippen molar-refractivity contribution in [3.63, 3.8) is 0 Å². The van der Waals surface area contributed by atoms with E-state index in [0.717, 1.165) is 56.3 Å². The Bertz CT molecular complexity index is 3210. The van der Waals surface area contributed by atoms with Gasteiger partial charge in [-0.2, -0.15) is 0 Å². The molecule has 4 heteroatoms. The predicted molar refractivity (Wildman–Crippen MR) is 262 cm³/mol. The first-order valence-corrected chi connectivity index (χ1v) is 21.7. The van der Waals surface area contributed by atoms with Crippen LogP contribution < -0.4 is 4.90 Å². The number of anilines is 3. The van der Waals surface area contributed by atoms with E-state index in [1.54, 1.807) is 0 Å². The first-order valence-electron chi connectivity index (χ1n) is 20.9. The van der Waals surface area contributed by atoms with Crippen LogP contribution in [0, 0.1) is 0 Å². The molecular weight excluding hydrogens is 771 g/mol. The largest absolute Gasteiger partial charge is 0.310 e. The van der Waals surface area contributed by atoms with E-state index in [1.807, 2.05) is 23.5 Å². The molecule has 0 bridgehead atoms. The van der Waals surface area contributed by atoms with E-state index in [4.69, 9.17) is 9.97 Å². The van der Waals surface area contributed by atoms with Crippen molar-refractivity contribution in [3.05, 3.63) is 237 Å². The van der Waals surface area contributed by atoms with Crippen LogP contribution in [0.4, 0.5) is 17.1 Å². The predicted octanol–water partition coefficient (Wildman–Crippen LogP) is 16.3. The van der Waals surface area contributed by atoms with Crippen molar-refractivity contribution in [2.75, 3.05) is 4.90 Å². The van der Waals surface area contributed by atoms with Gasteiger partial charge in [0.25, 0.3) is 0 Å². The van der Waals surface area contributed by atoms with Gasteiger partial charge in [-0.3, -0.25) is 0 Å². The van der Waals surface area contributed by atoms with Crippen LogP contribution in [0.15, 0.2) is 237 Å². The maximum atomic E-state index is 5.24. The molecule has 292 valence electrons. The summed E-state index contributed by atoms with van der Waals surface area (Å²) >= 11 is 1.84. The number of nitrogens with zero attached hydrogens (tertiary/aromatic N) is 3. The topological polar surface area (TPSA) is 29.0 Å². The molecule has 11 aromatic rings. The van der Waals surface area contributed by atoms with Crippen LogP contribution in [0.5, 0.6) is 0 Å². The van der Waals surface area contributed by atoms with Gasteiger partial charge >= 0.3 is 0 Å². The Morgan fingerprint density at radius 3 is 1.39 bits per heavy atom. The number of hydrogen-bond acceptors (Lipinski definition) is 4. The second-order valence-corrected chi connectivity index (χ2v) is 16.5. The quantitative estimate of drug-likeness (QED) is 0.145. The van der Waals surface area contributed by atoms with Crippen molar-refractivity contribution >= 4 is 48.6 Å². The third kappa shape index (κ3) is 7.13. The number of fused-ring (bicyclic) bond motifs is 3. The van der Waals surface area contributed by atoms with E-state index in [0.29, 0.717) is 5.82 Å². The smallest absolute Gasteiger partial charge is 0.161 e. The molecule has 9 aromatic carbocycles. The molecule has 0 amide bonds. The molecule has 62 heavy (non-hydrogen) atoms. The van der Waals surface area contributed by atoms with Gasteiger partial charge in [0.15, 0.2) is 5.82 Å². The van der Waals surface area contributed by atoms with Gasteiger partial charge in [0.1, 0.15) is 0 Å². The summed E-state index contributed by atoms with van der Waals surface area (Å²) in [5.74, 6) is 0.700. The average molecular weight is 810 g/mol.